The van der Waals surface area contributed by atoms with Crippen LogP contribution in [0.1, 0.15) is 27.7 Å². The highest BCUT2D eigenvalue weighted by Gasteiger charge is 2.26. The number of anilines is 1. The third-order valence-corrected chi connectivity index (χ3v) is 4.26. The van der Waals surface area contributed by atoms with Gasteiger partial charge in [-0.2, -0.15) is 0 Å². The van der Waals surface area contributed by atoms with Gasteiger partial charge in [-0.05, 0) is 29.8 Å². The number of carbonyl (C=O) groups is 1. The Hall–Kier alpha value is -3.74. The van der Waals surface area contributed by atoms with E-state index in [1.54, 1.807) is 19.3 Å². The minimum Gasteiger partial charge on any atom is -0.393 e. The summed E-state index contributed by atoms with van der Waals surface area (Å²) < 4.78 is 0. The van der Waals surface area contributed by atoms with E-state index in [2.05, 4.69) is 4.98 Å². The van der Waals surface area contributed by atoms with Crippen LogP contribution in [0, 0.1) is 10.1 Å². The average Bonchev–Trinajstić information content (AvgIpc) is 2.69. The fourth-order valence-electron chi connectivity index (χ4n) is 2.92. The molecule has 3 rings (SSSR count). The second-order valence-electron chi connectivity index (χ2n) is 6.01. The van der Waals surface area contributed by atoms with Crippen LogP contribution in [-0.4, -0.2) is 27.8 Å². The Morgan fingerprint density at radius 1 is 1.11 bits per heavy atom. The lowest BCUT2D eigenvalue weighted by atomic mass is 10.0. The monoisotopic (exact) mass is 362 g/mol. The van der Waals surface area contributed by atoms with Gasteiger partial charge in [-0.3, -0.25) is 19.9 Å². The van der Waals surface area contributed by atoms with Gasteiger partial charge < -0.3 is 10.6 Å². The van der Waals surface area contributed by atoms with Crippen molar-refractivity contribution in [2.45, 2.75) is 6.04 Å². The fourth-order valence-corrected chi connectivity index (χ4v) is 2.92. The first-order valence-corrected chi connectivity index (χ1v) is 8.26. The van der Waals surface area contributed by atoms with Crippen LogP contribution < -0.4 is 5.73 Å². The SMILES string of the molecule is CN(C(=O)c1ccc(N)c([N+](=O)[O-])c1)[C@H](c1ccccc1)c1ccccn1. The van der Waals surface area contributed by atoms with Crippen molar-refractivity contribution in [1.82, 2.24) is 9.88 Å². The minimum atomic E-state index is -0.598. The van der Waals surface area contributed by atoms with Gasteiger partial charge in [0, 0.05) is 24.9 Å². The highest BCUT2D eigenvalue weighted by atomic mass is 16.6. The Morgan fingerprint density at radius 2 is 1.81 bits per heavy atom. The number of carbonyl (C=O) groups excluding carboxylic acids is 1. The summed E-state index contributed by atoms with van der Waals surface area (Å²) in [4.78, 5) is 29.5. The lowest BCUT2D eigenvalue weighted by molar-refractivity contribution is -0.383. The van der Waals surface area contributed by atoms with E-state index in [4.69, 9.17) is 5.73 Å². The first-order chi connectivity index (χ1) is 13.0. The summed E-state index contributed by atoms with van der Waals surface area (Å²) in [7, 11) is 1.65. The largest absolute Gasteiger partial charge is 0.393 e. The van der Waals surface area contributed by atoms with Crippen molar-refractivity contribution >= 4 is 17.3 Å². The summed E-state index contributed by atoms with van der Waals surface area (Å²) in [5, 5.41) is 11.1. The first-order valence-electron chi connectivity index (χ1n) is 8.26. The summed E-state index contributed by atoms with van der Waals surface area (Å²) in [6.07, 6.45) is 1.66. The van der Waals surface area contributed by atoms with Crippen LogP contribution in [0.3, 0.4) is 0 Å². The van der Waals surface area contributed by atoms with Crippen molar-refractivity contribution in [3.05, 3.63) is 99.9 Å². The summed E-state index contributed by atoms with van der Waals surface area (Å²) in [6.45, 7) is 0. The maximum atomic E-state index is 13.1. The van der Waals surface area contributed by atoms with Crippen molar-refractivity contribution in [3.63, 3.8) is 0 Å². The van der Waals surface area contributed by atoms with Crippen molar-refractivity contribution < 1.29 is 9.72 Å². The summed E-state index contributed by atoms with van der Waals surface area (Å²) in [6, 6.07) is 18.6. The molecule has 1 aromatic heterocycles. The molecular weight excluding hydrogens is 344 g/mol. The molecule has 0 radical (unpaired) electrons. The molecule has 0 saturated carbocycles. The number of benzene rings is 2. The lowest BCUT2D eigenvalue weighted by Gasteiger charge is -2.28. The third kappa shape index (κ3) is 3.77. The number of hydrogen-bond donors (Lipinski definition) is 1. The van der Waals surface area contributed by atoms with Crippen molar-refractivity contribution in [2.24, 2.45) is 0 Å². The molecule has 0 spiro atoms. The number of nitrogen functional groups attached to an aromatic ring is 1. The molecule has 0 unspecified atom stereocenters. The van der Waals surface area contributed by atoms with Crippen LogP contribution in [0.2, 0.25) is 0 Å². The molecule has 27 heavy (non-hydrogen) atoms. The predicted octanol–water partition coefficient (Wildman–Crippen LogP) is 3.43. The highest BCUT2D eigenvalue weighted by Crippen LogP contribution is 2.29. The molecule has 0 saturated heterocycles. The number of pyridine rings is 1. The molecule has 1 heterocycles. The van der Waals surface area contributed by atoms with E-state index in [1.807, 2.05) is 42.5 Å². The van der Waals surface area contributed by atoms with Gasteiger partial charge in [0.15, 0.2) is 0 Å². The van der Waals surface area contributed by atoms with Crippen molar-refractivity contribution in [2.75, 3.05) is 12.8 Å². The first kappa shape index (κ1) is 18.1. The van der Waals surface area contributed by atoms with E-state index < -0.39 is 11.0 Å². The second-order valence-corrected chi connectivity index (χ2v) is 6.01. The number of hydrogen-bond acceptors (Lipinski definition) is 5. The fraction of sp³-hybridized carbons (Fsp3) is 0.100. The van der Waals surface area contributed by atoms with Crippen LogP contribution in [0.15, 0.2) is 72.9 Å². The van der Waals surface area contributed by atoms with E-state index >= 15 is 0 Å². The van der Waals surface area contributed by atoms with E-state index in [0.717, 1.165) is 5.56 Å². The Labute approximate surface area is 156 Å². The number of aromatic nitrogens is 1. The quantitative estimate of drug-likeness (QED) is 0.425. The maximum Gasteiger partial charge on any atom is 0.292 e. The molecule has 7 heteroatoms. The van der Waals surface area contributed by atoms with Gasteiger partial charge in [0.2, 0.25) is 0 Å². The standard InChI is InChI=1S/C20H18N4O3/c1-23(20(25)15-10-11-16(21)18(13-15)24(26)27)19(14-7-3-2-4-8-14)17-9-5-6-12-22-17/h2-13,19H,21H2,1H3/t19-/m1/s1. The Bertz CT molecular complexity index is 922. The zero-order chi connectivity index (χ0) is 19.4. The zero-order valence-electron chi connectivity index (χ0n) is 14.6. The minimum absolute atomic E-state index is 0.0172. The number of nitro groups is 1. The normalized spacial score (nSPS) is 11.6. The molecule has 0 bridgehead atoms. The molecule has 1 amide bonds. The predicted molar refractivity (Wildman–Crippen MR) is 102 cm³/mol. The lowest BCUT2D eigenvalue weighted by Crippen LogP contribution is -2.32. The van der Waals surface area contributed by atoms with Crippen molar-refractivity contribution in [1.29, 1.82) is 0 Å². The molecule has 7 nitrogen and oxygen atoms in total. The van der Waals surface area contributed by atoms with E-state index in [1.165, 1.54) is 23.1 Å². The van der Waals surface area contributed by atoms with Crippen LogP contribution >= 0.6 is 0 Å². The third-order valence-electron chi connectivity index (χ3n) is 4.26. The molecule has 0 fully saturated rings. The number of nitrogens with zero attached hydrogens (tertiary/aromatic N) is 3. The molecule has 2 N–H and O–H groups in total. The van der Waals surface area contributed by atoms with Crippen LogP contribution in [-0.2, 0) is 0 Å². The molecule has 3 aromatic rings. The van der Waals surface area contributed by atoms with Crippen LogP contribution in [0.5, 0.6) is 0 Å². The average molecular weight is 362 g/mol. The number of amides is 1. The van der Waals surface area contributed by atoms with Crippen LogP contribution in [0.4, 0.5) is 11.4 Å². The van der Waals surface area contributed by atoms with Gasteiger partial charge >= 0.3 is 0 Å². The topological polar surface area (TPSA) is 102 Å². The number of nitro benzene ring substituents is 1. The molecular formula is C20H18N4O3. The zero-order valence-corrected chi connectivity index (χ0v) is 14.6. The van der Waals surface area contributed by atoms with E-state index in [0.29, 0.717) is 5.69 Å². The van der Waals surface area contributed by atoms with Gasteiger partial charge in [-0.15, -0.1) is 0 Å². The van der Waals surface area contributed by atoms with Gasteiger partial charge in [0.05, 0.1) is 16.7 Å². The molecule has 2 aromatic carbocycles. The van der Waals surface area contributed by atoms with E-state index in [-0.39, 0.29) is 22.8 Å². The van der Waals surface area contributed by atoms with Crippen LogP contribution in [0.25, 0.3) is 0 Å². The molecule has 1 atom stereocenters. The van der Waals surface area contributed by atoms with E-state index in [9.17, 15) is 14.9 Å². The Morgan fingerprint density at radius 3 is 2.44 bits per heavy atom. The van der Waals surface area contributed by atoms with Gasteiger partial charge in [-0.25, -0.2) is 0 Å². The Kier molecular flexibility index (Phi) is 5.12. The maximum absolute atomic E-state index is 13.1. The number of rotatable bonds is 5. The summed E-state index contributed by atoms with van der Waals surface area (Å²) >= 11 is 0. The second kappa shape index (κ2) is 7.65. The Balaban J connectivity index is 2.02. The molecule has 0 aliphatic heterocycles. The van der Waals surface area contributed by atoms with Crippen molar-refractivity contribution in [3.8, 4) is 0 Å². The summed E-state index contributed by atoms with van der Waals surface area (Å²) in [5.41, 5.74) is 7.14. The number of nitrogens with two attached hydrogens (primary N) is 1. The molecule has 0 aliphatic carbocycles. The van der Waals surface area contributed by atoms with Gasteiger partial charge in [0.25, 0.3) is 11.6 Å². The smallest absolute Gasteiger partial charge is 0.292 e. The summed E-state index contributed by atoms with van der Waals surface area (Å²) in [5.74, 6) is -0.363. The van der Waals surface area contributed by atoms with Gasteiger partial charge in [-0.1, -0.05) is 36.4 Å². The van der Waals surface area contributed by atoms with Gasteiger partial charge in [0.1, 0.15) is 5.69 Å². The highest BCUT2D eigenvalue weighted by molar-refractivity contribution is 5.96. The molecule has 136 valence electrons. The molecule has 0 aliphatic rings.